The van der Waals surface area contributed by atoms with E-state index in [1.165, 1.54) is 11.3 Å². The number of nitrogens with one attached hydrogen (secondary N) is 2. The standard InChI is InChI=1S/C20H25N3OS/c1-5-23(6-2)18-13-14(3)17(12-15(18)4)21-20(25)22-19(24)16-10-8-7-9-11-16/h7-13H,5-6H2,1-4H3,(H2,21,22,24,25). The molecule has 0 unspecified atom stereocenters. The summed E-state index contributed by atoms with van der Waals surface area (Å²) in [6, 6.07) is 13.3. The molecule has 2 rings (SSSR count). The van der Waals surface area contributed by atoms with Crippen LogP contribution in [0.1, 0.15) is 35.3 Å². The van der Waals surface area contributed by atoms with Crippen LogP contribution < -0.4 is 15.5 Å². The minimum Gasteiger partial charge on any atom is -0.372 e. The van der Waals surface area contributed by atoms with Crippen molar-refractivity contribution in [1.82, 2.24) is 5.32 Å². The van der Waals surface area contributed by atoms with Crippen LogP contribution in [0.4, 0.5) is 11.4 Å². The number of nitrogens with zero attached hydrogens (tertiary/aromatic N) is 1. The van der Waals surface area contributed by atoms with Crippen LogP contribution in [0.15, 0.2) is 42.5 Å². The second-order valence-electron chi connectivity index (χ2n) is 5.90. The molecule has 0 aliphatic heterocycles. The van der Waals surface area contributed by atoms with Gasteiger partial charge in [-0.1, -0.05) is 18.2 Å². The molecule has 25 heavy (non-hydrogen) atoms. The van der Waals surface area contributed by atoms with Gasteiger partial charge in [0.15, 0.2) is 5.11 Å². The molecule has 0 radical (unpaired) electrons. The van der Waals surface area contributed by atoms with E-state index in [4.69, 9.17) is 12.2 Å². The Kier molecular flexibility index (Phi) is 6.53. The SMILES string of the molecule is CCN(CC)c1cc(C)c(NC(=S)NC(=O)c2ccccc2)cc1C. The van der Waals surface area contributed by atoms with Crippen LogP contribution in [0.5, 0.6) is 0 Å². The Hall–Kier alpha value is -2.40. The smallest absolute Gasteiger partial charge is 0.257 e. The molecule has 0 aliphatic rings. The summed E-state index contributed by atoms with van der Waals surface area (Å²) in [7, 11) is 0. The normalized spacial score (nSPS) is 10.2. The minimum absolute atomic E-state index is 0.216. The molecule has 2 aromatic carbocycles. The molecule has 2 N–H and O–H groups in total. The van der Waals surface area contributed by atoms with Gasteiger partial charge in [-0.15, -0.1) is 0 Å². The van der Waals surface area contributed by atoms with Gasteiger partial charge in [0, 0.05) is 30.0 Å². The summed E-state index contributed by atoms with van der Waals surface area (Å²) in [5, 5.41) is 6.16. The Labute approximate surface area is 155 Å². The van der Waals surface area contributed by atoms with Crippen molar-refractivity contribution in [2.24, 2.45) is 0 Å². The van der Waals surface area contributed by atoms with Crippen molar-refractivity contribution in [2.75, 3.05) is 23.3 Å². The first-order valence-corrected chi connectivity index (χ1v) is 8.90. The van der Waals surface area contributed by atoms with Crippen molar-refractivity contribution in [1.29, 1.82) is 0 Å². The summed E-state index contributed by atoms with van der Waals surface area (Å²) in [6.07, 6.45) is 0. The van der Waals surface area contributed by atoms with E-state index in [0.29, 0.717) is 10.7 Å². The highest BCUT2D eigenvalue weighted by atomic mass is 32.1. The van der Waals surface area contributed by atoms with Crippen molar-refractivity contribution in [2.45, 2.75) is 27.7 Å². The number of carbonyl (C=O) groups excluding carboxylic acids is 1. The van der Waals surface area contributed by atoms with E-state index >= 15 is 0 Å². The first kappa shape index (κ1) is 18.9. The zero-order valence-corrected chi connectivity index (χ0v) is 16.0. The number of hydrogen-bond acceptors (Lipinski definition) is 3. The van der Waals surface area contributed by atoms with Gasteiger partial charge in [0.05, 0.1) is 0 Å². The molecule has 0 aliphatic carbocycles. The predicted octanol–water partition coefficient (Wildman–Crippen LogP) is 4.28. The lowest BCUT2D eigenvalue weighted by atomic mass is 10.1. The van der Waals surface area contributed by atoms with E-state index in [-0.39, 0.29) is 5.91 Å². The lowest BCUT2D eigenvalue weighted by Crippen LogP contribution is -2.34. The number of aryl methyl sites for hydroxylation is 2. The average molecular weight is 356 g/mol. The fourth-order valence-corrected chi connectivity index (χ4v) is 2.96. The monoisotopic (exact) mass is 355 g/mol. The molecule has 0 saturated carbocycles. The Morgan fingerprint density at radius 3 is 2.28 bits per heavy atom. The highest BCUT2D eigenvalue weighted by molar-refractivity contribution is 7.80. The van der Waals surface area contributed by atoms with Crippen molar-refractivity contribution in [3.8, 4) is 0 Å². The third kappa shape index (κ3) is 4.79. The predicted molar refractivity (Wildman–Crippen MR) is 110 cm³/mol. The molecule has 0 saturated heterocycles. The van der Waals surface area contributed by atoms with Crippen LogP contribution in [-0.4, -0.2) is 24.1 Å². The number of anilines is 2. The summed E-state index contributed by atoms with van der Waals surface area (Å²) in [5.74, 6) is -0.216. The fourth-order valence-electron chi connectivity index (χ4n) is 2.76. The van der Waals surface area contributed by atoms with Crippen molar-refractivity contribution >= 4 is 34.6 Å². The number of carbonyl (C=O) groups is 1. The molecular formula is C20H25N3OS. The van der Waals surface area contributed by atoms with Gasteiger partial charge in [-0.25, -0.2) is 0 Å². The Bertz CT molecular complexity index is 755. The molecule has 0 atom stereocenters. The van der Waals surface area contributed by atoms with Gasteiger partial charge in [0.2, 0.25) is 0 Å². The van der Waals surface area contributed by atoms with Gasteiger partial charge in [-0.2, -0.15) is 0 Å². The van der Waals surface area contributed by atoms with E-state index in [1.54, 1.807) is 12.1 Å². The molecule has 0 fully saturated rings. The second-order valence-corrected chi connectivity index (χ2v) is 6.31. The topological polar surface area (TPSA) is 44.4 Å². The van der Waals surface area contributed by atoms with Crippen molar-refractivity contribution in [3.05, 3.63) is 59.2 Å². The van der Waals surface area contributed by atoms with E-state index in [1.807, 2.05) is 25.1 Å². The van der Waals surface area contributed by atoms with Crippen LogP contribution in [0.25, 0.3) is 0 Å². The summed E-state index contributed by atoms with van der Waals surface area (Å²) in [4.78, 5) is 14.5. The maximum Gasteiger partial charge on any atom is 0.257 e. The molecule has 1 amide bonds. The summed E-state index contributed by atoms with van der Waals surface area (Å²) in [6.45, 7) is 10.4. The maximum atomic E-state index is 12.2. The molecule has 0 bridgehead atoms. The quantitative estimate of drug-likeness (QED) is 0.786. The third-order valence-corrected chi connectivity index (χ3v) is 4.36. The Morgan fingerprint density at radius 2 is 1.68 bits per heavy atom. The zero-order valence-electron chi connectivity index (χ0n) is 15.2. The van der Waals surface area contributed by atoms with Gasteiger partial charge < -0.3 is 10.2 Å². The van der Waals surface area contributed by atoms with Crippen molar-refractivity contribution < 1.29 is 4.79 Å². The van der Waals surface area contributed by atoms with Gasteiger partial charge >= 0.3 is 0 Å². The lowest BCUT2D eigenvalue weighted by molar-refractivity contribution is 0.0977. The highest BCUT2D eigenvalue weighted by Crippen LogP contribution is 2.27. The van der Waals surface area contributed by atoms with Gasteiger partial charge in [-0.05, 0) is 75.3 Å². The van der Waals surface area contributed by atoms with Crippen LogP contribution in [-0.2, 0) is 0 Å². The van der Waals surface area contributed by atoms with E-state index in [9.17, 15) is 4.79 Å². The van der Waals surface area contributed by atoms with Crippen LogP contribution >= 0.6 is 12.2 Å². The molecule has 0 heterocycles. The summed E-state index contributed by atoms with van der Waals surface area (Å²) >= 11 is 5.29. The Morgan fingerprint density at radius 1 is 1.04 bits per heavy atom. The first-order chi connectivity index (χ1) is 12.0. The molecule has 4 nitrogen and oxygen atoms in total. The zero-order chi connectivity index (χ0) is 18.4. The number of hydrogen-bond donors (Lipinski definition) is 2. The van der Waals surface area contributed by atoms with Gasteiger partial charge in [0.1, 0.15) is 0 Å². The average Bonchev–Trinajstić information content (AvgIpc) is 2.60. The van der Waals surface area contributed by atoms with Crippen LogP contribution in [0.2, 0.25) is 0 Å². The summed E-state index contributed by atoms with van der Waals surface area (Å²) < 4.78 is 0. The van der Waals surface area contributed by atoms with Gasteiger partial charge in [-0.3, -0.25) is 10.1 Å². The molecule has 132 valence electrons. The second kappa shape index (κ2) is 8.62. The number of rotatable bonds is 5. The highest BCUT2D eigenvalue weighted by Gasteiger charge is 2.12. The minimum atomic E-state index is -0.216. The molecule has 0 spiro atoms. The van der Waals surface area contributed by atoms with Crippen LogP contribution in [0, 0.1) is 13.8 Å². The first-order valence-electron chi connectivity index (χ1n) is 8.49. The molecule has 2 aromatic rings. The molecule has 5 heteroatoms. The number of amides is 1. The van der Waals surface area contributed by atoms with Crippen molar-refractivity contribution in [3.63, 3.8) is 0 Å². The number of thiocarbonyl (C=S) groups is 1. The van der Waals surface area contributed by atoms with Gasteiger partial charge in [0.25, 0.3) is 5.91 Å². The van der Waals surface area contributed by atoms with E-state index in [0.717, 1.165) is 24.3 Å². The lowest BCUT2D eigenvalue weighted by Gasteiger charge is -2.25. The van der Waals surface area contributed by atoms with Crippen LogP contribution in [0.3, 0.4) is 0 Å². The third-order valence-electron chi connectivity index (χ3n) is 4.16. The maximum absolute atomic E-state index is 12.2. The Balaban J connectivity index is 2.11. The molecular weight excluding hydrogens is 330 g/mol. The van der Waals surface area contributed by atoms with E-state index in [2.05, 4.69) is 48.4 Å². The summed E-state index contributed by atoms with van der Waals surface area (Å²) in [5.41, 5.74) is 4.98. The van der Waals surface area contributed by atoms with E-state index < -0.39 is 0 Å². The fraction of sp³-hybridized carbons (Fsp3) is 0.300. The largest absolute Gasteiger partial charge is 0.372 e. The molecule has 0 aromatic heterocycles. The number of benzene rings is 2.